The summed E-state index contributed by atoms with van der Waals surface area (Å²) in [7, 11) is 0. The second-order valence-corrected chi connectivity index (χ2v) is 18.3. The number of fused-ring (bicyclic) bond motifs is 12. The molecular formula is C68H42. The second kappa shape index (κ2) is 15.4. The molecule has 0 aliphatic rings. The fourth-order valence-electron chi connectivity index (χ4n) is 11.4. The zero-order valence-electron chi connectivity index (χ0n) is 37.2. The zero-order chi connectivity index (χ0) is 44.7. The lowest BCUT2D eigenvalue weighted by Crippen LogP contribution is -1.92. The smallest absolute Gasteiger partial charge is 0.00923 e. The molecule has 0 aliphatic heterocycles. The van der Waals surface area contributed by atoms with Crippen LogP contribution in [0.1, 0.15) is 0 Å². The summed E-state index contributed by atoms with van der Waals surface area (Å²) in [6, 6.07) is 94.9. The molecule has 314 valence electrons. The van der Waals surface area contributed by atoms with Crippen LogP contribution in [0.4, 0.5) is 0 Å². The highest BCUT2D eigenvalue weighted by molar-refractivity contribution is 6.27. The van der Waals surface area contributed by atoms with Crippen molar-refractivity contribution in [3.8, 4) is 55.6 Å². The van der Waals surface area contributed by atoms with Crippen LogP contribution in [0.3, 0.4) is 0 Å². The number of hydrogen-bond donors (Lipinski definition) is 0. The summed E-state index contributed by atoms with van der Waals surface area (Å²) in [5.41, 5.74) is 12.3. The van der Waals surface area contributed by atoms with Crippen molar-refractivity contribution in [2.45, 2.75) is 0 Å². The standard InChI is InChI=1S/C68H42/c1-3-17-45(18-4-1)59-39-65-57-35-33-47(37-61(57)60(46-19-5-2-6-20-46)40-64(65)54-28-12-11-27-53(54)59)48-34-36-58-62(38-48)66(52-32-16-24-44-22-8-10-26-50(44)52)42-67-56-30-14-13-29-55(56)63(41-68(58)67)51-31-15-23-43-21-7-9-25-49(43)51/h1-42H. The SMILES string of the molecule is c1ccc(-c2cc3c4ccc(-c5ccc6c(c5)c(-c5cccc7ccccc57)cc5c7ccccc7c(-c7cccc8ccccc78)cc65)cc4c(-c4ccccc4)cc3c3ccccc23)cc1. The Kier molecular flexibility index (Phi) is 8.69. The van der Waals surface area contributed by atoms with Gasteiger partial charge in [0, 0.05) is 0 Å². The lowest BCUT2D eigenvalue weighted by molar-refractivity contribution is 1.65. The first-order chi connectivity index (χ1) is 33.7. The zero-order valence-corrected chi connectivity index (χ0v) is 37.2. The molecular weight excluding hydrogens is 817 g/mol. The van der Waals surface area contributed by atoms with E-state index in [4.69, 9.17) is 0 Å². The van der Waals surface area contributed by atoms with Crippen LogP contribution in [0.15, 0.2) is 255 Å². The van der Waals surface area contributed by atoms with Crippen LogP contribution in [-0.2, 0) is 0 Å². The molecule has 0 atom stereocenters. The van der Waals surface area contributed by atoms with Gasteiger partial charge < -0.3 is 0 Å². The summed E-state index contributed by atoms with van der Waals surface area (Å²) in [4.78, 5) is 0. The molecule has 0 heteroatoms. The van der Waals surface area contributed by atoms with Gasteiger partial charge in [-0.3, -0.25) is 0 Å². The molecule has 14 aromatic rings. The van der Waals surface area contributed by atoms with Crippen LogP contribution in [0.5, 0.6) is 0 Å². The number of hydrogen-bond acceptors (Lipinski definition) is 0. The van der Waals surface area contributed by atoms with Gasteiger partial charge in [-0.2, -0.15) is 0 Å². The van der Waals surface area contributed by atoms with E-state index >= 15 is 0 Å². The summed E-state index contributed by atoms with van der Waals surface area (Å²) >= 11 is 0. The lowest BCUT2D eigenvalue weighted by Gasteiger charge is -2.19. The molecule has 14 rings (SSSR count). The van der Waals surface area contributed by atoms with E-state index in [0.717, 1.165) is 0 Å². The maximum Gasteiger partial charge on any atom is -0.00923 e. The quantitative estimate of drug-likeness (QED) is 0.151. The summed E-state index contributed by atoms with van der Waals surface area (Å²) in [6.45, 7) is 0. The van der Waals surface area contributed by atoms with Crippen LogP contribution < -0.4 is 0 Å². The minimum atomic E-state index is 1.19. The minimum absolute atomic E-state index is 1.19. The van der Waals surface area contributed by atoms with Crippen LogP contribution in [0, 0.1) is 0 Å². The predicted octanol–water partition coefficient (Wildman–Crippen LogP) is 19.2. The molecule has 0 saturated heterocycles. The molecule has 0 radical (unpaired) electrons. The van der Waals surface area contributed by atoms with Gasteiger partial charge in [-0.25, -0.2) is 0 Å². The molecule has 0 nitrogen and oxygen atoms in total. The topological polar surface area (TPSA) is 0 Å². The lowest BCUT2D eigenvalue weighted by atomic mass is 9.84. The average molecular weight is 859 g/mol. The van der Waals surface area contributed by atoms with E-state index in [1.807, 2.05) is 0 Å². The van der Waals surface area contributed by atoms with Crippen molar-refractivity contribution in [2.24, 2.45) is 0 Å². The van der Waals surface area contributed by atoms with Crippen molar-refractivity contribution in [3.63, 3.8) is 0 Å². The fourth-order valence-corrected chi connectivity index (χ4v) is 11.4. The van der Waals surface area contributed by atoms with Gasteiger partial charge in [0.15, 0.2) is 0 Å². The van der Waals surface area contributed by atoms with Crippen molar-refractivity contribution in [1.29, 1.82) is 0 Å². The minimum Gasteiger partial charge on any atom is -0.0622 e. The van der Waals surface area contributed by atoms with E-state index in [0.29, 0.717) is 0 Å². The first kappa shape index (κ1) is 38.4. The third-order valence-electron chi connectivity index (χ3n) is 14.6. The van der Waals surface area contributed by atoms with Crippen molar-refractivity contribution in [3.05, 3.63) is 255 Å². The maximum absolute atomic E-state index is 2.48. The van der Waals surface area contributed by atoms with Crippen molar-refractivity contribution in [1.82, 2.24) is 0 Å². The molecule has 0 saturated carbocycles. The fraction of sp³-hybridized carbons (Fsp3) is 0. The van der Waals surface area contributed by atoms with Crippen LogP contribution in [0.2, 0.25) is 0 Å². The largest absolute Gasteiger partial charge is 0.0622 e. The predicted molar refractivity (Wildman–Crippen MR) is 294 cm³/mol. The van der Waals surface area contributed by atoms with Crippen LogP contribution >= 0.6 is 0 Å². The number of benzene rings is 14. The normalized spacial score (nSPS) is 11.8. The summed E-state index contributed by atoms with van der Waals surface area (Å²) < 4.78 is 0. The maximum atomic E-state index is 2.48. The van der Waals surface area contributed by atoms with Gasteiger partial charge in [0.05, 0.1) is 0 Å². The van der Waals surface area contributed by atoms with Gasteiger partial charge in [0.25, 0.3) is 0 Å². The Bertz CT molecular complexity index is 4340. The second-order valence-electron chi connectivity index (χ2n) is 18.3. The third-order valence-corrected chi connectivity index (χ3v) is 14.6. The molecule has 0 N–H and O–H groups in total. The summed E-state index contributed by atoms with van der Waals surface area (Å²) in [6.07, 6.45) is 0. The van der Waals surface area contributed by atoms with Gasteiger partial charge in [0.1, 0.15) is 0 Å². The molecule has 68 heavy (non-hydrogen) atoms. The molecule has 0 aliphatic carbocycles. The molecule has 0 spiro atoms. The summed E-state index contributed by atoms with van der Waals surface area (Å²) in [5.74, 6) is 0. The Hall–Kier alpha value is -8.84. The Morgan fingerprint density at radius 3 is 0.941 bits per heavy atom. The van der Waals surface area contributed by atoms with Crippen molar-refractivity contribution < 1.29 is 0 Å². The van der Waals surface area contributed by atoms with E-state index in [1.165, 1.54) is 142 Å². The van der Waals surface area contributed by atoms with E-state index in [1.54, 1.807) is 0 Å². The third kappa shape index (κ3) is 6.01. The van der Waals surface area contributed by atoms with Gasteiger partial charge in [0.2, 0.25) is 0 Å². The molecule has 14 aromatic carbocycles. The van der Waals surface area contributed by atoms with Gasteiger partial charge >= 0.3 is 0 Å². The van der Waals surface area contributed by atoms with Crippen molar-refractivity contribution in [2.75, 3.05) is 0 Å². The molecule has 0 heterocycles. The van der Waals surface area contributed by atoms with E-state index in [2.05, 4.69) is 255 Å². The molecule has 0 fully saturated rings. The van der Waals surface area contributed by atoms with E-state index < -0.39 is 0 Å². The number of rotatable bonds is 5. The van der Waals surface area contributed by atoms with Gasteiger partial charge in [-0.15, -0.1) is 0 Å². The molecule has 0 bridgehead atoms. The van der Waals surface area contributed by atoms with Crippen molar-refractivity contribution >= 4 is 86.2 Å². The monoisotopic (exact) mass is 858 g/mol. The Morgan fingerprint density at radius 2 is 0.456 bits per heavy atom. The first-order valence-corrected chi connectivity index (χ1v) is 23.7. The molecule has 0 unspecified atom stereocenters. The first-order valence-electron chi connectivity index (χ1n) is 23.7. The highest BCUT2D eigenvalue weighted by atomic mass is 14.2. The van der Waals surface area contributed by atoms with Gasteiger partial charge in [-0.1, -0.05) is 218 Å². The molecule has 0 aromatic heterocycles. The Morgan fingerprint density at radius 1 is 0.132 bits per heavy atom. The molecule has 0 amide bonds. The van der Waals surface area contributed by atoms with Crippen LogP contribution in [-0.4, -0.2) is 0 Å². The Labute approximate surface area is 394 Å². The summed E-state index contributed by atoms with van der Waals surface area (Å²) in [5, 5.41) is 20.1. The van der Waals surface area contributed by atoms with E-state index in [-0.39, 0.29) is 0 Å². The average Bonchev–Trinajstić information content (AvgIpc) is 3.42. The van der Waals surface area contributed by atoms with E-state index in [9.17, 15) is 0 Å². The highest BCUT2D eigenvalue weighted by Gasteiger charge is 2.19. The van der Waals surface area contributed by atoms with Crippen LogP contribution in [0.25, 0.3) is 142 Å². The van der Waals surface area contributed by atoms with Gasteiger partial charge in [-0.05, 0) is 178 Å². The highest BCUT2D eigenvalue weighted by Crippen LogP contribution is 2.47. The Balaban J connectivity index is 1.06.